The van der Waals surface area contributed by atoms with Gasteiger partial charge in [-0.1, -0.05) is 29.8 Å². The smallest absolute Gasteiger partial charge is 0.126 e. The minimum absolute atomic E-state index is 0.0452. The lowest BCUT2D eigenvalue weighted by molar-refractivity contribution is 0.134. The summed E-state index contributed by atoms with van der Waals surface area (Å²) in [7, 11) is 1.89. The highest BCUT2D eigenvalue weighted by Gasteiger charge is 2.17. The third-order valence-corrected chi connectivity index (χ3v) is 4.16. The zero-order chi connectivity index (χ0) is 14.8. The molecule has 2 aromatic rings. The van der Waals surface area contributed by atoms with Gasteiger partial charge in [0.1, 0.15) is 5.82 Å². The van der Waals surface area contributed by atoms with Crippen LogP contribution in [0.4, 0.5) is 4.39 Å². The van der Waals surface area contributed by atoms with Gasteiger partial charge in [-0.15, -0.1) is 0 Å². The third-order valence-electron chi connectivity index (χ3n) is 3.93. The summed E-state index contributed by atoms with van der Waals surface area (Å²) in [6.07, 6.45) is 0.558. The molecule has 2 aromatic carbocycles. The number of likely N-dealkylation sites (N-methyl/N-ethyl adjacent to an activating group) is 1. The lowest BCUT2D eigenvalue weighted by atomic mass is 9.96. The van der Waals surface area contributed by atoms with Gasteiger partial charge >= 0.3 is 0 Å². The van der Waals surface area contributed by atoms with Crippen molar-refractivity contribution >= 4 is 11.6 Å². The number of halogens is 2. The number of benzene rings is 2. The number of hydrogen-bond acceptors (Lipinski definition) is 2. The molecule has 1 heterocycles. The average molecular weight is 306 g/mol. The Balaban J connectivity index is 1.86. The topological polar surface area (TPSA) is 21.3 Å². The Labute approximate surface area is 128 Å². The second-order valence-corrected chi connectivity index (χ2v) is 5.74. The molecule has 21 heavy (non-hydrogen) atoms. The second-order valence-electron chi connectivity index (χ2n) is 5.30. The van der Waals surface area contributed by atoms with Crippen LogP contribution in [0.5, 0.6) is 0 Å². The Kier molecular flexibility index (Phi) is 4.24. The van der Waals surface area contributed by atoms with Gasteiger partial charge in [0.25, 0.3) is 0 Å². The van der Waals surface area contributed by atoms with Gasteiger partial charge in [-0.25, -0.2) is 4.39 Å². The van der Waals surface area contributed by atoms with Gasteiger partial charge in [0.15, 0.2) is 0 Å². The largest absolute Gasteiger partial charge is 0.372 e. The molecule has 110 valence electrons. The molecular weight excluding hydrogens is 289 g/mol. The summed E-state index contributed by atoms with van der Waals surface area (Å²) in [4.78, 5) is 0. The van der Waals surface area contributed by atoms with Gasteiger partial charge in [0.2, 0.25) is 0 Å². The summed E-state index contributed by atoms with van der Waals surface area (Å²) < 4.78 is 19.3. The molecule has 1 aliphatic rings. The van der Waals surface area contributed by atoms with Crippen LogP contribution < -0.4 is 5.32 Å². The zero-order valence-electron chi connectivity index (χ0n) is 11.8. The van der Waals surface area contributed by atoms with E-state index in [1.54, 1.807) is 12.1 Å². The maximum Gasteiger partial charge on any atom is 0.126 e. The van der Waals surface area contributed by atoms with E-state index in [1.165, 1.54) is 17.2 Å². The molecule has 0 aromatic heterocycles. The van der Waals surface area contributed by atoms with E-state index < -0.39 is 0 Å². The Morgan fingerprint density at radius 1 is 1.19 bits per heavy atom. The van der Waals surface area contributed by atoms with Crippen LogP contribution in [0.2, 0.25) is 5.02 Å². The van der Waals surface area contributed by atoms with Crippen molar-refractivity contribution in [2.24, 2.45) is 0 Å². The van der Waals surface area contributed by atoms with Crippen molar-refractivity contribution in [1.82, 2.24) is 5.32 Å². The highest BCUT2D eigenvalue weighted by Crippen LogP contribution is 2.27. The SMILES string of the molecule is CNC(Cc1cc(Cl)ccc1F)c1ccc2c(c1)COC2. The monoisotopic (exact) mass is 305 g/mol. The van der Waals surface area contributed by atoms with Gasteiger partial charge in [-0.3, -0.25) is 0 Å². The summed E-state index contributed by atoms with van der Waals surface area (Å²) in [6.45, 7) is 1.34. The second kappa shape index (κ2) is 6.14. The predicted octanol–water partition coefficient (Wildman–Crippen LogP) is 4.01. The van der Waals surface area contributed by atoms with Gasteiger partial charge in [-0.2, -0.15) is 0 Å². The fraction of sp³-hybridized carbons (Fsp3) is 0.294. The first-order valence-electron chi connectivity index (χ1n) is 6.98. The maximum absolute atomic E-state index is 13.9. The van der Waals surface area contributed by atoms with E-state index in [1.807, 2.05) is 7.05 Å². The van der Waals surface area contributed by atoms with Crippen LogP contribution in [-0.4, -0.2) is 7.05 Å². The normalized spacial score (nSPS) is 15.0. The summed E-state index contributed by atoms with van der Waals surface area (Å²) >= 11 is 5.96. The van der Waals surface area contributed by atoms with Crippen LogP contribution in [0.15, 0.2) is 36.4 Å². The molecule has 0 aliphatic carbocycles. The Hall–Kier alpha value is -1.42. The van der Waals surface area contributed by atoms with Crippen molar-refractivity contribution in [3.8, 4) is 0 Å². The van der Waals surface area contributed by atoms with Crippen molar-refractivity contribution in [2.75, 3.05) is 7.05 Å². The number of nitrogens with one attached hydrogen (secondary N) is 1. The number of hydrogen-bond donors (Lipinski definition) is 1. The molecular formula is C17H17ClFNO. The van der Waals surface area contributed by atoms with Crippen LogP contribution >= 0.6 is 11.6 Å². The molecule has 1 aliphatic heterocycles. The first kappa shape index (κ1) is 14.5. The molecule has 4 heteroatoms. The van der Waals surface area contributed by atoms with Gasteiger partial charge in [0, 0.05) is 11.1 Å². The standard InChI is InChI=1S/C17H17ClFNO/c1-20-17(8-13-7-15(18)4-5-16(13)19)11-2-3-12-9-21-10-14(12)6-11/h2-7,17,20H,8-10H2,1H3. The molecule has 0 saturated heterocycles. The van der Waals surface area contributed by atoms with Crippen LogP contribution in [0.1, 0.15) is 28.3 Å². The van der Waals surface area contributed by atoms with E-state index in [4.69, 9.17) is 16.3 Å². The fourth-order valence-electron chi connectivity index (χ4n) is 2.71. The summed E-state index contributed by atoms with van der Waals surface area (Å²) in [6, 6.07) is 11.0. The lowest BCUT2D eigenvalue weighted by Gasteiger charge is -2.18. The van der Waals surface area contributed by atoms with E-state index in [9.17, 15) is 4.39 Å². The van der Waals surface area contributed by atoms with E-state index in [0.717, 1.165) is 5.56 Å². The number of rotatable bonds is 4. The van der Waals surface area contributed by atoms with Gasteiger partial charge in [0.05, 0.1) is 13.2 Å². The van der Waals surface area contributed by atoms with Crippen LogP contribution in [0, 0.1) is 5.82 Å². The first-order valence-corrected chi connectivity index (χ1v) is 7.36. The number of ether oxygens (including phenoxy) is 1. The van der Waals surface area contributed by atoms with Gasteiger partial charge in [-0.05, 0) is 53.9 Å². The van der Waals surface area contributed by atoms with Crippen molar-refractivity contribution in [2.45, 2.75) is 25.7 Å². The molecule has 0 radical (unpaired) electrons. The molecule has 1 atom stereocenters. The molecule has 0 bridgehead atoms. The predicted molar refractivity (Wildman–Crippen MR) is 81.8 cm³/mol. The van der Waals surface area contributed by atoms with Crippen molar-refractivity contribution < 1.29 is 9.13 Å². The number of fused-ring (bicyclic) bond motifs is 1. The lowest BCUT2D eigenvalue weighted by Crippen LogP contribution is -2.19. The Morgan fingerprint density at radius 2 is 2.00 bits per heavy atom. The van der Waals surface area contributed by atoms with E-state index in [2.05, 4.69) is 23.5 Å². The highest BCUT2D eigenvalue weighted by molar-refractivity contribution is 6.30. The van der Waals surface area contributed by atoms with Crippen molar-refractivity contribution in [3.63, 3.8) is 0 Å². The van der Waals surface area contributed by atoms with Crippen molar-refractivity contribution in [1.29, 1.82) is 0 Å². The minimum Gasteiger partial charge on any atom is -0.372 e. The summed E-state index contributed by atoms with van der Waals surface area (Å²) in [5.74, 6) is -0.218. The van der Waals surface area contributed by atoms with E-state index in [0.29, 0.717) is 30.2 Å². The zero-order valence-corrected chi connectivity index (χ0v) is 12.6. The minimum atomic E-state index is -0.218. The van der Waals surface area contributed by atoms with E-state index >= 15 is 0 Å². The van der Waals surface area contributed by atoms with Crippen LogP contribution in [-0.2, 0) is 24.4 Å². The summed E-state index contributed by atoms with van der Waals surface area (Å²) in [5, 5.41) is 3.81. The van der Waals surface area contributed by atoms with Gasteiger partial charge < -0.3 is 10.1 Å². The molecule has 0 saturated carbocycles. The molecule has 0 amide bonds. The molecule has 1 N–H and O–H groups in total. The molecule has 0 spiro atoms. The third kappa shape index (κ3) is 3.10. The molecule has 0 fully saturated rings. The maximum atomic E-state index is 13.9. The molecule has 2 nitrogen and oxygen atoms in total. The molecule has 1 unspecified atom stereocenters. The quantitative estimate of drug-likeness (QED) is 0.921. The Morgan fingerprint density at radius 3 is 2.81 bits per heavy atom. The highest BCUT2D eigenvalue weighted by atomic mass is 35.5. The first-order chi connectivity index (χ1) is 10.2. The average Bonchev–Trinajstić information content (AvgIpc) is 2.95. The van der Waals surface area contributed by atoms with Crippen molar-refractivity contribution in [3.05, 3.63) is 69.5 Å². The summed E-state index contributed by atoms with van der Waals surface area (Å²) in [5.41, 5.74) is 4.22. The fourth-order valence-corrected chi connectivity index (χ4v) is 2.91. The Bertz CT molecular complexity index is 659. The van der Waals surface area contributed by atoms with Crippen LogP contribution in [0.25, 0.3) is 0 Å². The molecule has 3 rings (SSSR count). The van der Waals surface area contributed by atoms with Crippen LogP contribution in [0.3, 0.4) is 0 Å². The van der Waals surface area contributed by atoms with E-state index in [-0.39, 0.29) is 11.9 Å².